The van der Waals surface area contributed by atoms with Gasteiger partial charge in [0, 0.05) is 30.1 Å². The van der Waals surface area contributed by atoms with Gasteiger partial charge in [-0.3, -0.25) is 9.69 Å². The van der Waals surface area contributed by atoms with E-state index < -0.39 is 0 Å². The maximum Gasteiger partial charge on any atom is 0.254 e. The molecule has 1 aliphatic carbocycles. The smallest absolute Gasteiger partial charge is 0.254 e. The molecule has 0 atom stereocenters. The average molecular weight is 389 g/mol. The van der Waals surface area contributed by atoms with Gasteiger partial charge in [-0.05, 0) is 57.9 Å². The number of halogens is 1. The Balaban J connectivity index is 1.77. The maximum atomic E-state index is 12.8. The van der Waals surface area contributed by atoms with E-state index in [-0.39, 0.29) is 5.91 Å². The van der Waals surface area contributed by atoms with E-state index in [4.69, 9.17) is 11.6 Å². The summed E-state index contributed by atoms with van der Waals surface area (Å²) in [7, 11) is 0. The summed E-state index contributed by atoms with van der Waals surface area (Å²) >= 11 is 6.29. The highest BCUT2D eigenvalue weighted by Gasteiger charge is 2.33. The van der Waals surface area contributed by atoms with Crippen LogP contribution < -0.4 is 5.32 Å². The van der Waals surface area contributed by atoms with E-state index in [2.05, 4.69) is 36.1 Å². The van der Waals surface area contributed by atoms with Crippen molar-refractivity contribution in [3.8, 4) is 5.69 Å². The number of hydrogen-bond donors (Lipinski definition) is 1. The number of benzene rings is 1. The summed E-state index contributed by atoms with van der Waals surface area (Å²) in [5.74, 6) is 0.359. The molecule has 5 nitrogen and oxygen atoms in total. The highest BCUT2D eigenvalue weighted by molar-refractivity contribution is 6.31. The fourth-order valence-corrected chi connectivity index (χ4v) is 3.57. The van der Waals surface area contributed by atoms with E-state index in [0.29, 0.717) is 29.1 Å². The number of aromatic nitrogens is 2. The molecule has 1 saturated carbocycles. The van der Waals surface area contributed by atoms with E-state index >= 15 is 0 Å². The normalized spacial score (nSPS) is 14.2. The molecule has 3 rings (SSSR count). The molecule has 1 aromatic heterocycles. The highest BCUT2D eigenvalue weighted by Crippen LogP contribution is 2.42. The first-order valence-electron chi connectivity index (χ1n) is 9.79. The van der Waals surface area contributed by atoms with Crippen LogP contribution in [0.4, 0.5) is 0 Å². The lowest BCUT2D eigenvalue weighted by Crippen LogP contribution is -2.38. The zero-order valence-electron chi connectivity index (χ0n) is 16.6. The maximum absolute atomic E-state index is 12.8. The van der Waals surface area contributed by atoms with Crippen molar-refractivity contribution in [1.82, 2.24) is 20.0 Å². The first-order valence-corrected chi connectivity index (χ1v) is 10.2. The summed E-state index contributed by atoms with van der Waals surface area (Å²) in [4.78, 5) is 15.1. The van der Waals surface area contributed by atoms with Gasteiger partial charge in [-0.1, -0.05) is 24.6 Å². The van der Waals surface area contributed by atoms with Crippen molar-refractivity contribution in [2.45, 2.75) is 52.5 Å². The van der Waals surface area contributed by atoms with E-state index in [0.717, 1.165) is 42.9 Å². The van der Waals surface area contributed by atoms with E-state index in [1.165, 1.54) is 0 Å². The molecule has 0 aliphatic heterocycles. The van der Waals surface area contributed by atoms with Gasteiger partial charge in [-0.2, -0.15) is 5.10 Å². The molecule has 0 unspecified atom stereocenters. The lowest BCUT2D eigenvalue weighted by atomic mass is 10.1. The molecule has 0 saturated heterocycles. The standard InChI is InChI=1S/C21H29ClN4O/c1-5-25(14(2)3)11-10-23-21(27)18-13-24-26(20(18)16-7-8-16)17-9-6-15(4)19(22)12-17/h6,9,12-14,16H,5,7-8,10-11H2,1-4H3,(H,23,27). The van der Waals surface area contributed by atoms with Crippen molar-refractivity contribution in [2.75, 3.05) is 19.6 Å². The number of nitrogens with one attached hydrogen (secondary N) is 1. The molecule has 146 valence electrons. The molecule has 0 spiro atoms. The van der Waals surface area contributed by atoms with Gasteiger partial charge in [0.15, 0.2) is 0 Å². The Hall–Kier alpha value is -1.85. The SMILES string of the molecule is CCN(CCNC(=O)c1cnn(-c2ccc(C)c(Cl)c2)c1C1CC1)C(C)C. The molecule has 1 fully saturated rings. The number of aryl methyl sites for hydroxylation is 1. The molecule has 1 N–H and O–H groups in total. The third-order valence-corrected chi connectivity index (χ3v) is 5.64. The number of hydrogen-bond acceptors (Lipinski definition) is 3. The molecule has 6 heteroatoms. The van der Waals surface area contributed by atoms with Crippen LogP contribution in [-0.2, 0) is 0 Å². The van der Waals surface area contributed by atoms with Gasteiger partial charge in [0.05, 0.1) is 23.1 Å². The van der Waals surface area contributed by atoms with Crippen molar-refractivity contribution in [3.63, 3.8) is 0 Å². The Kier molecular flexibility index (Phi) is 6.22. The van der Waals surface area contributed by atoms with Gasteiger partial charge in [0.25, 0.3) is 5.91 Å². The molecule has 0 radical (unpaired) electrons. The largest absolute Gasteiger partial charge is 0.351 e. The summed E-state index contributed by atoms with van der Waals surface area (Å²) in [5.41, 5.74) is 3.62. The minimum Gasteiger partial charge on any atom is -0.351 e. The zero-order valence-corrected chi connectivity index (χ0v) is 17.4. The summed E-state index contributed by atoms with van der Waals surface area (Å²) < 4.78 is 1.88. The first-order chi connectivity index (χ1) is 12.9. The molecule has 1 heterocycles. The number of carbonyl (C=O) groups excluding carboxylic acids is 1. The minimum absolute atomic E-state index is 0.0406. The Morgan fingerprint density at radius 3 is 2.74 bits per heavy atom. The molecule has 2 aromatic rings. The lowest BCUT2D eigenvalue weighted by molar-refractivity contribution is 0.0945. The van der Waals surface area contributed by atoms with Crippen LogP contribution in [0.1, 0.15) is 61.1 Å². The lowest BCUT2D eigenvalue weighted by Gasteiger charge is -2.24. The third-order valence-electron chi connectivity index (χ3n) is 5.24. The molecule has 1 aliphatic rings. The predicted octanol–water partition coefficient (Wildman–Crippen LogP) is 4.17. The number of likely N-dealkylation sites (N-methyl/N-ethyl adjacent to an activating group) is 1. The predicted molar refractivity (Wildman–Crippen MR) is 110 cm³/mol. The number of amides is 1. The van der Waals surface area contributed by atoms with Crippen LogP contribution >= 0.6 is 11.6 Å². The Labute approximate surface area is 166 Å². The van der Waals surface area contributed by atoms with Crippen molar-refractivity contribution in [2.24, 2.45) is 0 Å². The van der Waals surface area contributed by atoms with Crippen LogP contribution in [0.15, 0.2) is 24.4 Å². The Morgan fingerprint density at radius 2 is 2.15 bits per heavy atom. The quantitative estimate of drug-likeness (QED) is 0.738. The van der Waals surface area contributed by atoms with Crippen LogP contribution in [0.5, 0.6) is 0 Å². The van der Waals surface area contributed by atoms with Gasteiger partial charge in [0.2, 0.25) is 0 Å². The molecule has 27 heavy (non-hydrogen) atoms. The minimum atomic E-state index is -0.0406. The van der Waals surface area contributed by atoms with Gasteiger partial charge in [-0.25, -0.2) is 4.68 Å². The summed E-state index contributed by atoms with van der Waals surface area (Å²) in [6, 6.07) is 6.38. The van der Waals surface area contributed by atoms with Crippen LogP contribution in [-0.4, -0.2) is 46.3 Å². The summed E-state index contributed by atoms with van der Waals surface area (Å²) in [5, 5.41) is 8.29. The number of carbonyl (C=O) groups is 1. The molecular weight excluding hydrogens is 360 g/mol. The Bertz CT molecular complexity index is 811. The molecule has 1 amide bonds. The third kappa shape index (κ3) is 4.53. The second-order valence-electron chi connectivity index (χ2n) is 7.54. The van der Waals surface area contributed by atoms with Gasteiger partial charge in [0.1, 0.15) is 0 Å². The second kappa shape index (κ2) is 8.44. The highest BCUT2D eigenvalue weighted by atomic mass is 35.5. The van der Waals surface area contributed by atoms with E-state index in [1.54, 1.807) is 6.20 Å². The molecule has 1 aromatic carbocycles. The monoisotopic (exact) mass is 388 g/mol. The fourth-order valence-electron chi connectivity index (χ4n) is 3.39. The Morgan fingerprint density at radius 1 is 1.41 bits per heavy atom. The van der Waals surface area contributed by atoms with E-state index in [9.17, 15) is 4.79 Å². The topological polar surface area (TPSA) is 50.2 Å². The average Bonchev–Trinajstić information content (AvgIpc) is 3.38. The van der Waals surface area contributed by atoms with Crippen molar-refractivity contribution in [3.05, 3.63) is 46.2 Å². The van der Waals surface area contributed by atoms with Crippen molar-refractivity contribution < 1.29 is 4.79 Å². The first kappa shape index (κ1) is 19.9. The summed E-state index contributed by atoms with van der Waals surface area (Å²) in [6.07, 6.45) is 3.89. The zero-order chi connectivity index (χ0) is 19.6. The van der Waals surface area contributed by atoms with Crippen LogP contribution in [0, 0.1) is 6.92 Å². The second-order valence-corrected chi connectivity index (χ2v) is 7.95. The van der Waals surface area contributed by atoms with Gasteiger partial charge in [-0.15, -0.1) is 0 Å². The number of rotatable bonds is 8. The van der Waals surface area contributed by atoms with Crippen molar-refractivity contribution in [1.29, 1.82) is 0 Å². The van der Waals surface area contributed by atoms with Gasteiger partial charge < -0.3 is 5.32 Å². The molecular formula is C21H29ClN4O. The van der Waals surface area contributed by atoms with E-state index in [1.807, 2.05) is 29.8 Å². The van der Waals surface area contributed by atoms with Gasteiger partial charge >= 0.3 is 0 Å². The van der Waals surface area contributed by atoms with Crippen molar-refractivity contribution >= 4 is 17.5 Å². The van der Waals surface area contributed by atoms with Crippen LogP contribution in [0.2, 0.25) is 5.02 Å². The van der Waals surface area contributed by atoms with Crippen LogP contribution in [0.3, 0.4) is 0 Å². The summed E-state index contributed by atoms with van der Waals surface area (Å²) in [6.45, 7) is 10.9. The fraction of sp³-hybridized carbons (Fsp3) is 0.524. The number of nitrogens with zero attached hydrogens (tertiary/aromatic N) is 3. The molecule has 0 bridgehead atoms. The van der Waals surface area contributed by atoms with Crippen LogP contribution in [0.25, 0.3) is 5.69 Å².